The number of thiophene rings is 1. The van der Waals surface area contributed by atoms with Crippen LogP contribution < -0.4 is 5.73 Å². The summed E-state index contributed by atoms with van der Waals surface area (Å²) in [4.78, 5) is 7.06. The maximum atomic E-state index is 9.67. The number of fused-ring (bicyclic) bond motifs is 1. The highest BCUT2D eigenvalue weighted by Gasteiger charge is 2.23. The van der Waals surface area contributed by atoms with Crippen LogP contribution in [0.5, 0.6) is 0 Å². The summed E-state index contributed by atoms with van der Waals surface area (Å²) in [6.07, 6.45) is 8.92. The quantitative estimate of drug-likeness (QED) is 0.671. The van der Waals surface area contributed by atoms with E-state index in [0.717, 1.165) is 52.7 Å². The fraction of sp³-hybridized carbons (Fsp3) is 0.474. The van der Waals surface area contributed by atoms with Gasteiger partial charge >= 0.3 is 0 Å². The lowest BCUT2D eigenvalue weighted by Crippen LogP contribution is -2.06. The summed E-state index contributed by atoms with van der Waals surface area (Å²) in [5.41, 5.74) is 10.1. The molecule has 126 valence electrons. The molecule has 5 heteroatoms. The van der Waals surface area contributed by atoms with Crippen LogP contribution in [0, 0.1) is 11.3 Å². The average molecular weight is 404 g/mol. The van der Waals surface area contributed by atoms with Gasteiger partial charge in [-0.1, -0.05) is 19.8 Å². The summed E-state index contributed by atoms with van der Waals surface area (Å²) in [5.74, 6) is 0.382. The molecule has 2 aromatic heterocycles. The molecule has 0 spiro atoms. The highest BCUT2D eigenvalue weighted by molar-refractivity contribution is 9.10. The number of nitrogens with zero attached hydrogens (tertiary/aromatic N) is 2. The van der Waals surface area contributed by atoms with Crippen LogP contribution in [0.3, 0.4) is 0 Å². The SMILES string of the molecule is CCCCc1sc(-c2c(C#N)c(N)nc3c2CCCCC3)cc1Br. The van der Waals surface area contributed by atoms with Crippen molar-refractivity contribution in [3.8, 4) is 16.5 Å². The number of nitriles is 1. The molecule has 0 saturated heterocycles. The Hall–Kier alpha value is -1.38. The zero-order chi connectivity index (χ0) is 17.1. The highest BCUT2D eigenvalue weighted by atomic mass is 79.9. The third kappa shape index (κ3) is 3.36. The average Bonchev–Trinajstić information content (AvgIpc) is 2.78. The van der Waals surface area contributed by atoms with Crippen molar-refractivity contribution in [1.82, 2.24) is 4.98 Å². The molecule has 0 aromatic carbocycles. The molecular formula is C19H22BrN3S. The minimum Gasteiger partial charge on any atom is -0.383 e. The van der Waals surface area contributed by atoms with Gasteiger partial charge in [-0.15, -0.1) is 11.3 Å². The minimum atomic E-state index is 0.382. The van der Waals surface area contributed by atoms with E-state index in [2.05, 4.69) is 40.0 Å². The number of halogens is 1. The van der Waals surface area contributed by atoms with Gasteiger partial charge in [0.05, 0.1) is 0 Å². The molecule has 0 radical (unpaired) electrons. The fourth-order valence-corrected chi connectivity index (χ4v) is 5.36. The lowest BCUT2D eigenvalue weighted by Gasteiger charge is -2.14. The van der Waals surface area contributed by atoms with Gasteiger partial charge in [-0.25, -0.2) is 4.98 Å². The second-order valence-electron chi connectivity index (χ2n) is 6.33. The molecule has 1 aliphatic rings. The van der Waals surface area contributed by atoms with Crippen LogP contribution in [0.2, 0.25) is 0 Å². The predicted molar refractivity (Wildman–Crippen MR) is 104 cm³/mol. The number of nitrogens with two attached hydrogens (primary N) is 1. The lowest BCUT2D eigenvalue weighted by molar-refractivity contribution is 0.709. The smallest absolute Gasteiger partial charge is 0.142 e. The summed E-state index contributed by atoms with van der Waals surface area (Å²) in [5, 5.41) is 9.67. The van der Waals surface area contributed by atoms with Crippen LogP contribution in [-0.2, 0) is 19.3 Å². The number of hydrogen-bond donors (Lipinski definition) is 1. The number of unbranched alkanes of at least 4 members (excludes halogenated alkanes) is 1. The monoisotopic (exact) mass is 403 g/mol. The molecule has 2 N–H and O–H groups in total. The number of rotatable bonds is 4. The second-order valence-corrected chi connectivity index (χ2v) is 8.32. The van der Waals surface area contributed by atoms with Crippen molar-refractivity contribution in [2.75, 3.05) is 5.73 Å². The molecule has 0 amide bonds. The van der Waals surface area contributed by atoms with Crippen molar-refractivity contribution < 1.29 is 0 Å². The first-order valence-electron chi connectivity index (χ1n) is 8.65. The molecule has 0 bridgehead atoms. The number of pyridine rings is 1. The summed E-state index contributed by atoms with van der Waals surface area (Å²) in [6, 6.07) is 4.47. The van der Waals surface area contributed by atoms with Gasteiger partial charge in [0.25, 0.3) is 0 Å². The first-order valence-corrected chi connectivity index (χ1v) is 10.3. The van der Waals surface area contributed by atoms with Gasteiger partial charge in [0.15, 0.2) is 0 Å². The summed E-state index contributed by atoms with van der Waals surface area (Å²) >= 11 is 5.49. The van der Waals surface area contributed by atoms with Crippen LogP contribution in [0.15, 0.2) is 10.5 Å². The molecule has 24 heavy (non-hydrogen) atoms. The largest absolute Gasteiger partial charge is 0.383 e. The summed E-state index contributed by atoms with van der Waals surface area (Å²) in [7, 11) is 0. The Morgan fingerprint density at radius 2 is 2.12 bits per heavy atom. The molecule has 0 fully saturated rings. The van der Waals surface area contributed by atoms with E-state index >= 15 is 0 Å². The molecule has 0 atom stereocenters. The number of nitrogen functional groups attached to an aromatic ring is 1. The zero-order valence-corrected chi connectivity index (χ0v) is 16.4. The third-order valence-corrected chi connectivity index (χ3v) is 6.81. The van der Waals surface area contributed by atoms with Crippen LogP contribution in [0.4, 0.5) is 5.82 Å². The molecular weight excluding hydrogens is 382 g/mol. The predicted octanol–water partition coefficient (Wildman–Crippen LogP) is 5.64. The number of aromatic nitrogens is 1. The Labute approximate surface area is 156 Å². The molecule has 2 aromatic rings. The van der Waals surface area contributed by atoms with E-state index in [0.29, 0.717) is 11.4 Å². The van der Waals surface area contributed by atoms with Crippen LogP contribution in [0.1, 0.15) is 60.7 Å². The van der Waals surface area contributed by atoms with Crippen LogP contribution in [0.25, 0.3) is 10.4 Å². The maximum absolute atomic E-state index is 9.67. The van der Waals surface area contributed by atoms with Gasteiger partial charge in [0.1, 0.15) is 17.5 Å². The van der Waals surface area contributed by atoms with Gasteiger partial charge in [-0.2, -0.15) is 5.26 Å². The Morgan fingerprint density at radius 1 is 1.33 bits per heavy atom. The minimum absolute atomic E-state index is 0.382. The first-order chi connectivity index (χ1) is 11.7. The van der Waals surface area contributed by atoms with E-state index in [1.165, 1.54) is 29.7 Å². The van der Waals surface area contributed by atoms with E-state index < -0.39 is 0 Å². The van der Waals surface area contributed by atoms with E-state index in [1.54, 1.807) is 11.3 Å². The normalized spacial score (nSPS) is 14.0. The third-order valence-electron chi connectivity index (χ3n) is 4.62. The van der Waals surface area contributed by atoms with Crippen molar-refractivity contribution in [2.45, 2.75) is 58.3 Å². The topological polar surface area (TPSA) is 62.7 Å². The number of anilines is 1. The van der Waals surface area contributed by atoms with Crippen molar-refractivity contribution in [3.63, 3.8) is 0 Å². The standard InChI is InChI=1S/C19H22BrN3S/c1-2-3-9-16-14(20)10-17(24-16)18-12-7-5-4-6-8-15(12)23-19(22)13(18)11-21/h10H,2-9H2,1H3,(H2,22,23). The molecule has 3 rings (SSSR count). The first kappa shape index (κ1) is 17.4. The Morgan fingerprint density at radius 3 is 2.88 bits per heavy atom. The van der Waals surface area contributed by atoms with Gasteiger partial charge < -0.3 is 5.73 Å². The molecule has 0 unspecified atom stereocenters. The van der Waals surface area contributed by atoms with Gasteiger partial charge in [-0.3, -0.25) is 0 Å². The van der Waals surface area contributed by atoms with Gasteiger partial charge in [-0.05, 0) is 66.1 Å². The van der Waals surface area contributed by atoms with Crippen molar-refractivity contribution in [3.05, 3.63) is 32.2 Å². The van der Waals surface area contributed by atoms with Crippen molar-refractivity contribution in [2.24, 2.45) is 0 Å². The maximum Gasteiger partial charge on any atom is 0.142 e. The Balaban J connectivity index is 2.16. The Bertz CT molecular complexity index is 789. The lowest BCUT2D eigenvalue weighted by atomic mass is 9.96. The molecule has 0 saturated carbocycles. The number of hydrogen-bond acceptors (Lipinski definition) is 4. The molecule has 1 aliphatic carbocycles. The fourth-order valence-electron chi connectivity index (χ4n) is 3.36. The summed E-state index contributed by atoms with van der Waals surface area (Å²) in [6.45, 7) is 2.21. The zero-order valence-electron chi connectivity index (χ0n) is 14.0. The Kier molecular flexibility index (Phi) is 5.57. The summed E-state index contributed by atoms with van der Waals surface area (Å²) < 4.78 is 1.15. The number of aryl methyl sites for hydroxylation is 2. The van der Waals surface area contributed by atoms with Gasteiger partial charge in [0.2, 0.25) is 0 Å². The van der Waals surface area contributed by atoms with E-state index in [9.17, 15) is 5.26 Å². The molecule has 2 heterocycles. The molecule has 0 aliphatic heterocycles. The van der Waals surface area contributed by atoms with E-state index in [-0.39, 0.29) is 0 Å². The van der Waals surface area contributed by atoms with Crippen LogP contribution in [-0.4, -0.2) is 4.98 Å². The highest BCUT2D eigenvalue weighted by Crippen LogP contribution is 2.41. The van der Waals surface area contributed by atoms with Gasteiger partial charge in [0, 0.05) is 25.5 Å². The van der Waals surface area contributed by atoms with Crippen LogP contribution >= 0.6 is 27.3 Å². The van der Waals surface area contributed by atoms with E-state index in [4.69, 9.17) is 5.73 Å². The molecule has 3 nitrogen and oxygen atoms in total. The van der Waals surface area contributed by atoms with Crippen molar-refractivity contribution >= 4 is 33.1 Å². The van der Waals surface area contributed by atoms with E-state index in [1.807, 2.05) is 0 Å². The van der Waals surface area contributed by atoms with Crippen molar-refractivity contribution in [1.29, 1.82) is 5.26 Å². The second kappa shape index (κ2) is 7.67.